The van der Waals surface area contributed by atoms with E-state index >= 15 is 0 Å². The van der Waals surface area contributed by atoms with Crippen LogP contribution in [0.4, 0.5) is 10.5 Å². The molecule has 22 heavy (non-hydrogen) atoms. The van der Waals surface area contributed by atoms with Gasteiger partial charge in [0.05, 0.1) is 12.2 Å². The number of anilines is 1. The molecule has 1 aromatic rings. The molecular weight excluding hydrogens is 284 g/mol. The molecule has 1 saturated carbocycles. The molecule has 6 nitrogen and oxygen atoms in total. The van der Waals surface area contributed by atoms with E-state index in [0.29, 0.717) is 30.5 Å². The molecule has 0 heterocycles. The monoisotopic (exact) mass is 306 g/mol. The highest BCUT2D eigenvalue weighted by molar-refractivity contribution is 5.92. The Morgan fingerprint density at radius 1 is 1.14 bits per heavy atom. The fourth-order valence-electron chi connectivity index (χ4n) is 1.87. The highest BCUT2D eigenvalue weighted by atomic mass is 16.5. The minimum Gasteiger partial charge on any atom is -0.462 e. The predicted octanol–water partition coefficient (Wildman–Crippen LogP) is 2.55. The Morgan fingerprint density at radius 2 is 1.82 bits per heavy atom. The van der Waals surface area contributed by atoms with Crippen molar-refractivity contribution in [3.8, 4) is 0 Å². The molecule has 0 radical (unpaired) electrons. The smallest absolute Gasteiger partial charge is 0.338 e. The third-order valence-electron chi connectivity index (χ3n) is 3.27. The van der Waals surface area contributed by atoms with E-state index in [1.165, 1.54) is 0 Å². The lowest BCUT2D eigenvalue weighted by atomic mass is 10.2. The quantitative estimate of drug-likeness (QED) is 0.571. The molecule has 0 bridgehead atoms. The summed E-state index contributed by atoms with van der Waals surface area (Å²) in [6.45, 7) is 1.05. The number of carbonyl (C=O) groups excluding carboxylic acids is 2. The number of esters is 1. The van der Waals surface area contributed by atoms with E-state index in [4.69, 9.17) is 9.47 Å². The number of benzene rings is 1. The Hall–Kier alpha value is -2.08. The molecule has 0 saturated heterocycles. The van der Waals surface area contributed by atoms with Crippen LogP contribution in [0.3, 0.4) is 0 Å². The van der Waals surface area contributed by atoms with Crippen LogP contribution >= 0.6 is 0 Å². The number of hydrogen-bond donors (Lipinski definition) is 2. The maximum absolute atomic E-state index is 11.8. The number of hydrogen-bond acceptors (Lipinski definition) is 4. The highest BCUT2D eigenvalue weighted by Gasteiger charge is 2.23. The number of amides is 2. The van der Waals surface area contributed by atoms with E-state index in [1.807, 2.05) is 0 Å². The fraction of sp³-hybridized carbons (Fsp3) is 0.500. The summed E-state index contributed by atoms with van der Waals surface area (Å²) in [6.07, 6.45) is 3.73. The number of nitrogens with one attached hydrogen (secondary N) is 2. The van der Waals surface area contributed by atoms with Crippen LogP contribution in [0.2, 0.25) is 0 Å². The third kappa shape index (κ3) is 5.73. The molecule has 1 aliphatic rings. The molecule has 0 aliphatic heterocycles. The van der Waals surface area contributed by atoms with Crippen molar-refractivity contribution in [1.29, 1.82) is 0 Å². The van der Waals surface area contributed by atoms with Crippen molar-refractivity contribution in [2.45, 2.75) is 31.7 Å². The van der Waals surface area contributed by atoms with Crippen LogP contribution in [0.15, 0.2) is 24.3 Å². The zero-order chi connectivity index (χ0) is 15.8. The van der Waals surface area contributed by atoms with Crippen LogP contribution in [0.25, 0.3) is 0 Å². The average Bonchev–Trinajstić information content (AvgIpc) is 3.31. The fourth-order valence-corrected chi connectivity index (χ4v) is 1.87. The molecule has 1 aromatic carbocycles. The molecule has 2 N–H and O–H groups in total. The van der Waals surface area contributed by atoms with Crippen molar-refractivity contribution in [2.24, 2.45) is 0 Å². The Balaban J connectivity index is 1.72. The summed E-state index contributed by atoms with van der Waals surface area (Å²) < 4.78 is 10.1. The Labute approximate surface area is 130 Å². The molecule has 2 amide bonds. The third-order valence-corrected chi connectivity index (χ3v) is 3.27. The van der Waals surface area contributed by atoms with Crippen LogP contribution < -0.4 is 10.6 Å². The molecule has 6 heteroatoms. The topological polar surface area (TPSA) is 76.7 Å². The van der Waals surface area contributed by atoms with Crippen molar-refractivity contribution in [3.63, 3.8) is 0 Å². The van der Waals surface area contributed by atoms with Gasteiger partial charge in [-0.2, -0.15) is 0 Å². The molecule has 0 atom stereocenters. The van der Waals surface area contributed by atoms with Gasteiger partial charge >= 0.3 is 12.0 Å². The molecule has 0 spiro atoms. The number of unbranched alkanes of at least 4 members (excludes halogenated alkanes) is 1. The lowest BCUT2D eigenvalue weighted by molar-refractivity contribution is 0.0489. The lowest BCUT2D eigenvalue weighted by Crippen LogP contribution is -2.30. The first-order chi connectivity index (χ1) is 10.7. The summed E-state index contributed by atoms with van der Waals surface area (Å²) in [7, 11) is 1.65. The minimum absolute atomic E-state index is 0.212. The molecule has 0 unspecified atom stereocenters. The number of urea groups is 1. The Kier molecular flexibility index (Phi) is 6.21. The Morgan fingerprint density at radius 3 is 2.45 bits per heavy atom. The van der Waals surface area contributed by atoms with Crippen molar-refractivity contribution in [3.05, 3.63) is 29.8 Å². The van der Waals surface area contributed by atoms with Crippen molar-refractivity contribution in [2.75, 3.05) is 25.6 Å². The second-order valence-corrected chi connectivity index (χ2v) is 5.29. The summed E-state index contributed by atoms with van der Waals surface area (Å²) in [5, 5.41) is 5.56. The van der Waals surface area contributed by atoms with Gasteiger partial charge in [0.25, 0.3) is 0 Å². The van der Waals surface area contributed by atoms with Crippen molar-refractivity contribution in [1.82, 2.24) is 5.32 Å². The van der Waals surface area contributed by atoms with Crippen LogP contribution in [0.5, 0.6) is 0 Å². The normalized spacial score (nSPS) is 13.5. The summed E-state index contributed by atoms with van der Waals surface area (Å²) in [4.78, 5) is 23.4. The van der Waals surface area contributed by atoms with Crippen LogP contribution in [-0.2, 0) is 9.47 Å². The number of rotatable bonds is 8. The number of ether oxygens (including phenoxy) is 2. The molecule has 0 aromatic heterocycles. The van der Waals surface area contributed by atoms with Gasteiger partial charge in [0, 0.05) is 25.4 Å². The van der Waals surface area contributed by atoms with Gasteiger partial charge in [0.2, 0.25) is 0 Å². The maximum atomic E-state index is 11.8. The van der Waals surface area contributed by atoms with E-state index in [2.05, 4.69) is 10.6 Å². The number of methoxy groups -OCH3 is 1. The standard InChI is InChI=1S/C16H22N2O4/c1-21-10-2-3-11-22-15(19)12-4-6-13(7-5-12)17-16(20)18-14-8-9-14/h4-7,14H,2-3,8-11H2,1H3,(H2,17,18,20). The first-order valence-electron chi connectivity index (χ1n) is 7.52. The minimum atomic E-state index is -0.355. The summed E-state index contributed by atoms with van der Waals surface area (Å²) in [5.41, 5.74) is 1.12. The molecule has 1 aliphatic carbocycles. The van der Waals surface area contributed by atoms with Crippen molar-refractivity contribution < 1.29 is 19.1 Å². The van der Waals surface area contributed by atoms with Gasteiger partial charge in [0.15, 0.2) is 0 Å². The van der Waals surface area contributed by atoms with E-state index in [-0.39, 0.29) is 12.0 Å². The zero-order valence-electron chi connectivity index (χ0n) is 12.8. The molecule has 1 fully saturated rings. The van der Waals surface area contributed by atoms with E-state index in [0.717, 1.165) is 25.7 Å². The Bertz CT molecular complexity index is 497. The summed E-state index contributed by atoms with van der Waals surface area (Å²) in [5.74, 6) is -0.355. The summed E-state index contributed by atoms with van der Waals surface area (Å²) in [6, 6.07) is 6.76. The number of carbonyl (C=O) groups is 2. The lowest BCUT2D eigenvalue weighted by Gasteiger charge is -2.08. The van der Waals surface area contributed by atoms with Gasteiger partial charge in [0.1, 0.15) is 0 Å². The SMILES string of the molecule is COCCCCOC(=O)c1ccc(NC(=O)NC2CC2)cc1. The largest absolute Gasteiger partial charge is 0.462 e. The summed E-state index contributed by atoms with van der Waals surface area (Å²) >= 11 is 0. The highest BCUT2D eigenvalue weighted by Crippen LogP contribution is 2.19. The first kappa shape index (κ1) is 16.3. The predicted molar refractivity (Wildman–Crippen MR) is 83.0 cm³/mol. The molecular formula is C16H22N2O4. The van der Waals surface area contributed by atoms with Gasteiger partial charge < -0.3 is 20.1 Å². The van der Waals surface area contributed by atoms with Gasteiger partial charge in [-0.05, 0) is 49.9 Å². The molecule has 2 rings (SSSR count). The van der Waals surface area contributed by atoms with Crippen LogP contribution in [0, 0.1) is 0 Å². The van der Waals surface area contributed by atoms with E-state index in [9.17, 15) is 9.59 Å². The molecule has 120 valence electrons. The average molecular weight is 306 g/mol. The van der Waals surface area contributed by atoms with Crippen LogP contribution in [0.1, 0.15) is 36.0 Å². The van der Waals surface area contributed by atoms with E-state index in [1.54, 1.807) is 31.4 Å². The van der Waals surface area contributed by atoms with Gasteiger partial charge in [-0.1, -0.05) is 0 Å². The maximum Gasteiger partial charge on any atom is 0.338 e. The second-order valence-electron chi connectivity index (χ2n) is 5.29. The van der Waals surface area contributed by atoms with E-state index < -0.39 is 0 Å². The van der Waals surface area contributed by atoms with Gasteiger partial charge in [-0.3, -0.25) is 0 Å². The van der Waals surface area contributed by atoms with Gasteiger partial charge in [-0.25, -0.2) is 9.59 Å². The zero-order valence-corrected chi connectivity index (χ0v) is 12.8. The second kappa shape index (κ2) is 8.38. The van der Waals surface area contributed by atoms with Gasteiger partial charge in [-0.15, -0.1) is 0 Å². The van der Waals surface area contributed by atoms with Crippen LogP contribution in [-0.4, -0.2) is 38.4 Å². The van der Waals surface area contributed by atoms with Crippen molar-refractivity contribution >= 4 is 17.7 Å². The first-order valence-corrected chi connectivity index (χ1v) is 7.52.